The smallest absolute Gasteiger partial charge is 0.277 e. The van der Waals surface area contributed by atoms with E-state index in [-0.39, 0.29) is 11.5 Å². The predicted molar refractivity (Wildman–Crippen MR) is 107 cm³/mol. The van der Waals surface area contributed by atoms with Gasteiger partial charge in [-0.3, -0.25) is 9.59 Å². The average Bonchev–Trinajstić information content (AvgIpc) is 3.47. The average molecular weight is 376 g/mol. The standard InChI is InChI=1S/C22H24N4O2/c27-21(23-13-15-5-6-15)17-9-7-16(8-10-17)14-25-11-12-26-20(22(25)28)18-3-1-2-4-19(18)24-26/h7-12,15H,1-6,13-14H2,(H,23,27). The Hall–Kier alpha value is -2.89. The second-order valence-electron chi connectivity index (χ2n) is 8.01. The largest absolute Gasteiger partial charge is 0.352 e. The first kappa shape index (κ1) is 17.2. The molecule has 0 unspecified atom stereocenters. The van der Waals surface area contributed by atoms with Crippen LogP contribution in [0.2, 0.25) is 0 Å². The topological polar surface area (TPSA) is 68.4 Å². The number of fused-ring (bicyclic) bond motifs is 3. The Morgan fingerprint density at radius 1 is 1.11 bits per heavy atom. The number of aryl methyl sites for hydroxylation is 2. The Bertz CT molecular complexity index is 1090. The summed E-state index contributed by atoms with van der Waals surface area (Å²) in [6, 6.07) is 7.52. The van der Waals surface area contributed by atoms with Crippen LogP contribution in [0.1, 0.15) is 52.9 Å². The van der Waals surface area contributed by atoms with Crippen LogP contribution in [0.4, 0.5) is 0 Å². The van der Waals surface area contributed by atoms with Gasteiger partial charge in [0.05, 0.1) is 12.2 Å². The molecule has 6 heteroatoms. The molecule has 1 fully saturated rings. The lowest BCUT2D eigenvalue weighted by Crippen LogP contribution is -2.25. The summed E-state index contributed by atoms with van der Waals surface area (Å²) in [5.74, 6) is 0.641. The van der Waals surface area contributed by atoms with Gasteiger partial charge in [-0.1, -0.05) is 12.1 Å². The molecule has 6 nitrogen and oxygen atoms in total. The van der Waals surface area contributed by atoms with Gasteiger partial charge in [0, 0.05) is 30.1 Å². The fraction of sp³-hybridized carbons (Fsp3) is 0.409. The number of benzene rings is 1. The van der Waals surface area contributed by atoms with Crippen LogP contribution in [0.5, 0.6) is 0 Å². The monoisotopic (exact) mass is 376 g/mol. The summed E-state index contributed by atoms with van der Waals surface area (Å²) in [6.07, 6.45) is 10.3. The van der Waals surface area contributed by atoms with E-state index in [1.807, 2.05) is 30.5 Å². The molecule has 2 aromatic heterocycles. The van der Waals surface area contributed by atoms with Gasteiger partial charge in [0.1, 0.15) is 5.52 Å². The maximum absolute atomic E-state index is 13.0. The second kappa shape index (κ2) is 6.93. The van der Waals surface area contributed by atoms with Crippen molar-refractivity contribution in [1.82, 2.24) is 19.5 Å². The molecule has 3 aromatic rings. The van der Waals surface area contributed by atoms with Crippen LogP contribution in [-0.4, -0.2) is 26.6 Å². The first-order valence-electron chi connectivity index (χ1n) is 10.2. The number of rotatable bonds is 5. The highest BCUT2D eigenvalue weighted by molar-refractivity contribution is 5.94. The van der Waals surface area contributed by atoms with Gasteiger partial charge in [-0.05, 0) is 62.1 Å². The molecule has 0 saturated heterocycles. The van der Waals surface area contributed by atoms with E-state index in [0.29, 0.717) is 23.5 Å². The van der Waals surface area contributed by atoms with Gasteiger partial charge in [0.15, 0.2) is 0 Å². The third kappa shape index (κ3) is 3.23. The van der Waals surface area contributed by atoms with Crippen molar-refractivity contribution >= 4 is 11.4 Å². The van der Waals surface area contributed by atoms with Crippen LogP contribution in [0.15, 0.2) is 41.5 Å². The number of nitrogens with zero attached hydrogens (tertiary/aromatic N) is 3. The molecule has 0 aliphatic heterocycles. The third-order valence-electron chi connectivity index (χ3n) is 5.85. The van der Waals surface area contributed by atoms with E-state index in [2.05, 4.69) is 10.4 Å². The number of nitrogens with one attached hydrogen (secondary N) is 1. The zero-order chi connectivity index (χ0) is 19.1. The number of amides is 1. The molecule has 1 amide bonds. The minimum atomic E-state index is -0.0251. The van der Waals surface area contributed by atoms with Crippen molar-refractivity contribution in [2.24, 2.45) is 5.92 Å². The molecule has 2 aliphatic carbocycles. The van der Waals surface area contributed by atoms with E-state index in [4.69, 9.17) is 0 Å². The highest BCUT2D eigenvalue weighted by Gasteiger charge is 2.22. The maximum Gasteiger partial charge on any atom is 0.277 e. The van der Waals surface area contributed by atoms with Crippen molar-refractivity contribution in [3.63, 3.8) is 0 Å². The maximum atomic E-state index is 13.0. The Morgan fingerprint density at radius 3 is 2.68 bits per heavy atom. The molecule has 0 atom stereocenters. The molecule has 5 rings (SSSR count). The number of hydrogen-bond acceptors (Lipinski definition) is 3. The van der Waals surface area contributed by atoms with Crippen LogP contribution in [0.3, 0.4) is 0 Å². The van der Waals surface area contributed by atoms with Crippen molar-refractivity contribution in [2.75, 3.05) is 6.54 Å². The zero-order valence-electron chi connectivity index (χ0n) is 15.9. The van der Waals surface area contributed by atoms with Gasteiger partial charge >= 0.3 is 0 Å². The summed E-state index contributed by atoms with van der Waals surface area (Å²) in [5, 5.41) is 7.57. The summed E-state index contributed by atoms with van der Waals surface area (Å²) < 4.78 is 3.47. The summed E-state index contributed by atoms with van der Waals surface area (Å²) in [7, 11) is 0. The van der Waals surface area contributed by atoms with Gasteiger partial charge in [0.2, 0.25) is 0 Å². The Balaban J connectivity index is 1.36. The van der Waals surface area contributed by atoms with Gasteiger partial charge in [-0.15, -0.1) is 0 Å². The van der Waals surface area contributed by atoms with Crippen molar-refractivity contribution in [2.45, 2.75) is 45.1 Å². The molecule has 0 radical (unpaired) electrons. The van der Waals surface area contributed by atoms with Gasteiger partial charge < -0.3 is 9.88 Å². The van der Waals surface area contributed by atoms with Crippen molar-refractivity contribution in [3.05, 3.63) is 69.4 Å². The molecular weight excluding hydrogens is 352 g/mol. The van der Waals surface area contributed by atoms with Crippen LogP contribution in [0.25, 0.3) is 5.52 Å². The number of carbonyl (C=O) groups excluding carboxylic acids is 1. The second-order valence-corrected chi connectivity index (χ2v) is 8.01. The normalized spacial score (nSPS) is 16.1. The van der Waals surface area contributed by atoms with Crippen LogP contribution in [-0.2, 0) is 19.4 Å². The summed E-state index contributed by atoms with van der Waals surface area (Å²) in [5.41, 5.74) is 4.57. The Morgan fingerprint density at radius 2 is 1.89 bits per heavy atom. The minimum absolute atomic E-state index is 0.00408. The molecule has 28 heavy (non-hydrogen) atoms. The van der Waals surface area contributed by atoms with E-state index in [1.54, 1.807) is 15.3 Å². The molecule has 0 bridgehead atoms. The number of carbonyl (C=O) groups is 1. The lowest BCUT2D eigenvalue weighted by Gasteiger charge is -2.10. The first-order valence-corrected chi connectivity index (χ1v) is 10.2. The first-order chi connectivity index (χ1) is 13.7. The molecule has 2 heterocycles. The molecular formula is C22H24N4O2. The molecule has 1 N–H and O–H groups in total. The van der Waals surface area contributed by atoms with Crippen molar-refractivity contribution < 1.29 is 4.79 Å². The van der Waals surface area contributed by atoms with Gasteiger partial charge in [0.25, 0.3) is 11.5 Å². The minimum Gasteiger partial charge on any atom is -0.352 e. The fourth-order valence-corrected chi connectivity index (χ4v) is 4.00. The van der Waals surface area contributed by atoms with Gasteiger partial charge in [-0.2, -0.15) is 5.10 Å². The lowest BCUT2D eigenvalue weighted by atomic mass is 9.97. The SMILES string of the molecule is O=C(NCC1CC1)c1ccc(Cn2ccn3nc4c(c3c2=O)CCCC4)cc1. The molecule has 1 aromatic carbocycles. The van der Waals surface area contributed by atoms with E-state index < -0.39 is 0 Å². The highest BCUT2D eigenvalue weighted by atomic mass is 16.1. The number of aromatic nitrogens is 3. The van der Waals surface area contributed by atoms with Gasteiger partial charge in [-0.25, -0.2) is 4.52 Å². The zero-order valence-corrected chi connectivity index (χ0v) is 15.9. The van der Waals surface area contributed by atoms with E-state index in [9.17, 15) is 9.59 Å². The van der Waals surface area contributed by atoms with Crippen molar-refractivity contribution in [3.8, 4) is 0 Å². The quantitative estimate of drug-likeness (QED) is 0.744. The molecule has 0 spiro atoms. The van der Waals surface area contributed by atoms with Crippen LogP contribution < -0.4 is 10.9 Å². The lowest BCUT2D eigenvalue weighted by molar-refractivity contribution is 0.0952. The molecule has 2 aliphatic rings. The van der Waals surface area contributed by atoms with Crippen LogP contribution in [0, 0.1) is 5.92 Å². The van der Waals surface area contributed by atoms with E-state index in [1.165, 1.54) is 12.8 Å². The van der Waals surface area contributed by atoms with Crippen LogP contribution >= 0.6 is 0 Å². The Kier molecular flexibility index (Phi) is 4.26. The Labute approximate surface area is 163 Å². The van der Waals surface area contributed by atoms with Crippen molar-refractivity contribution in [1.29, 1.82) is 0 Å². The van der Waals surface area contributed by atoms with E-state index >= 15 is 0 Å². The summed E-state index contributed by atoms with van der Waals surface area (Å²) >= 11 is 0. The predicted octanol–water partition coefficient (Wildman–Crippen LogP) is 2.56. The highest BCUT2D eigenvalue weighted by Crippen LogP contribution is 2.27. The molecule has 144 valence electrons. The fourth-order valence-electron chi connectivity index (χ4n) is 4.00. The van der Waals surface area contributed by atoms with E-state index in [0.717, 1.165) is 49.0 Å². The summed E-state index contributed by atoms with van der Waals surface area (Å²) in [4.78, 5) is 25.2. The molecule has 1 saturated carbocycles. The third-order valence-corrected chi connectivity index (χ3v) is 5.85. The summed E-state index contributed by atoms with van der Waals surface area (Å²) in [6.45, 7) is 1.25. The number of hydrogen-bond donors (Lipinski definition) is 1.